The monoisotopic (exact) mass is 347 g/mol. The number of H-pyrrole nitrogens is 1. The lowest BCUT2D eigenvalue weighted by Crippen LogP contribution is -2.41. The van der Waals surface area contributed by atoms with Crippen LogP contribution < -0.4 is 5.32 Å². The summed E-state index contributed by atoms with van der Waals surface area (Å²) >= 11 is 6.28. The summed E-state index contributed by atoms with van der Waals surface area (Å²) in [5, 5.41) is 4.92. The zero-order chi connectivity index (χ0) is 16.5. The highest BCUT2D eigenvalue weighted by Gasteiger charge is 2.23. The average Bonchev–Trinajstić information content (AvgIpc) is 3.21. The second kappa shape index (κ2) is 6.75. The van der Waals surface area contributed by atoms with Crippen LogP contribution in [0.2, 0.25) is 5.02 Å². The predicted octanol–water partition coefficient (Wildman–Crippen LogP) is 2.47. The minimum Gasteiger partial charge on any atom is -0.376 e. The molecule has 1 atom stereocenters. The number of hydrogen-bond donors (Lipinski definition) is 2. The molecule has 0 spiro atoms. The van der Waals surface area contributed by atoms with Gasteiger partial charge in [0.05, 0.1) is 23.2 Å². The molecule has 2 aliphatic heterocycles. The van der Waals surface area contributed by atoms with E-state index in [1.165, 1.54) is 16.6 Å². The minimum absolute atomic E-state index is 0.0758. The standard InChI is InChI=1S/C18H22ClN3O2/c19-15-5-1-4-13-14-10-22(7-6-16(14)21-18(13)15)11-17(23)20-9-12-3-2-8-24-12/h1,4-5,12,21H,2-3,6-11H2,(H,20,23). The number of halogens is 1. The SMILES string of the molecule is O=C(CN1CCc2[nH]c3c(Cl)cccc3c2C1)NCC1CCCO1. The first-order valence-corrected chi connectivity index (χ1v) is 8.97. The van der Waals surface area contributed by atoms with Crippen molar-refractivity contribution in [3.05, 3.63) is 34.5 Å². The summed E-state index contributed by atoms with van der Waals surface area (Å²) < 4.78 is 5.54. The Balaban J connectivity index is 1.39. The molecule has 6 heteroatoms. The molecule has 2 N–H and O–H groups in total. The van der Waals surface area contributed by atoms with Gasteiger partial charge in [0.25, 0.3) is 0 Å². The van der Waals surface area contributed by atoms with Crippen molar-refractivity contribution in [3.8, 4) is 0 Å². The van der Waals surface area contributed by atoms with Gasteiger partial charge in [0.1, 0.15) is 0 Å². The van der Waals surface area contributed by atoms with Gasteiger partial charge in [-0.2, -0.15) is 0 Å². The van der Waals surface area contributed by atoms with E-state index >= 15 is 0 Å². The fraction of sp³-hybridized carbons (Fsp3) is 0.500. The Hall–Kier alpha value is -1.56. The van der Waals surface area contributed by atoms with Crippen LogP contribution >= 0.6 is 11.6 Å². The number of carbonyl (C=O) groups is 1. The van der Waals surface area contributed by atoms with Gasteiger partial charge in [-0.15, -0.1) is 0 Å². The summed E-state index contributed by atoms with van der Waals surface area (Å²) in [4.78, 5) is 17.8. The van der Waals surface area contributed by atoms with Crippen LogP contribution in [-0.4, -0.2) is 48.1 Å². The molecule has 0 bridgehead atoms. The van der Waals surface area contributed by atoms with E-state index in [2.05, 4.69) is 21.3 Å². The van der Waals surface area contributed by atoms with Gasteiger partial charge < -0.3 is 15.0 Å². The van der Waals surface area contributed by atoms with Crippen molar-refractivity contribution in [2.75, 3.05) is 26.2 Å². The highest BCUT2D eigenvalue weighted by atomic mass is 35.5. The Labute approximate surface area is 146 Å². The average molecular weight is 348 g/mol. The highest BCUT2D eigenvalue weighted by Crippen LogP contribution is 2.31. The molecule has 4 rings (SSSR count). The molecule has 2 aromatic rings. The second-order valence-corrected chi connectivity index (χ2v) is 7.05. The summed E-state index contributed by atoms with van der Waals surface area (Å²) in [5.74, 6) is 0.0758. The molecule has 128 valence electrons. The quantitative estimate of drug-likeness (QED) is 0.893. The van der Waals surface area contributed by atoms with Crippen LogP contribution in [0.25, 0.3) is 10.9 Å². The molecule has 1 aromatic carbocycles. The van der Waals surface area contributed by atoms with E-state index in [1.807, 2.05) is 12.1 Å². The van der Waals surface area contributed by atoms with Gasteiger partial charge in [-0.1, -0.05) is 23.7 Å². The van der Waals surface area contributed by atoms with Crippen LogP contribution in [0.1, 0.15) is 24.1 Å². The Bertz CT molecular complexity index is 752. The number of ether oxygens (including phenoxy) is 1. The van der Waals surface area contributed by atoms with Crippen molar-refractivity contribution < 1.29 is 9.53 Å². The van der Waals surface area contributed by atoms with Crippen molar-refractivity contribution in [2.24, 2.45) is 0 Å². The molecule has 2 aliphatic rings. The number of hydrogen-bond acceptors (Lipinski definition) is 3. The van der Waals surface area contributed by atoms with E-state index in [4.69, 9.17) is 16.3 Å². The first kappa shape index (κ1) is 15.9. The van der Waals surface area contributed by atoms with Gasteiger partial charge >= 0.3 is 0 Å². The Morgan fingerprint density at radius 2 is 2.38 bits per heavy atom. The van der Waals surface area contributed by atoms with Crippen LogP contribution in [0.15, 0.2) is 18.2 Å². The summed E-state index contributed by atoms with van der Waals surface area (Å²) in [6, 6.07) is 5.98. The molecule has 0 aliphatic carbocycles. The predicted molar refractivity (Wildman–Crippen MR) is 94.3 cm³/mol. The summed E-state index contributed by atoms with van der Waals surface area (Å²) in [6.07, 6.45) is 3.25. The number of para-hydroxylation sites is 1. The Morgan fingerprint density at radius 3 is 3.21 bits per heavy atom. The van der Waals surface area contributed by atoms with E-state index in [0.717, 1.165) is 49.5 Å². The van der Waals surface area contributed by atoms with E-state index in [9.17, 15) is 4.79 Å². The minimum atomic E-state index is 0.0758. The van der Waals surface area contributed by atoms with Crippen LogP contribution in [0.5, 0.6) is 0 Å². The zero-order valence-electron chi connectivity index (χ0n) is 13.6. The topological polar surface area (TPSA) is 57.4 Å². The molecule has 1 amide bonds. The number of fused-ring (bicyclic) bond motifs is 3. The van der Waals surface area contributed by atoms with Crippen molar-refractivity contribution in [1.82, 2.24) is 15.2 Å². The van der Waals surface area contributed by atoms with Gasteiger partial charge in [0.2, 0.25) is 5.91 Å². The van der Waals surface area contributed by atoms with Crippen molar-refractivity contribution in [1.29, 1.82) is 0 Å². The largest absolute Gasteiger partial charge is 0.376 e. The molecule has 5 nitrogen and oxygen atoms in total. The Kier molecular flexibility index (Phi) is 4.48. The zero-order valence-corrected chi connectivity index (χ0v) is 14.4. The van der Waals surface area contributed by atoms with E-state index in [1.54, 1.807) is 0 Å². The first-order valence-electron chi connectivity index (χ1n) is 8.59. The third-order valence-corrected chi connectivity index (χ3v) is 5.27. The molecule has 0 radical (unpaired) electrons. The van der Waals surface area contributed by atoms with Crippen LogP contribution in [0.4, 0.5) is 0 Å². The third kappa shape index (κ3) is 3.16. The van der Waals surface area contributed by atoms with Gasteiger partial charge in [0, 0.05) is 43.7 Å². The molecule has 3 heterocycles. The second-order valence-electron chi connectivity index (χ2n) is 6.64. The summed E-state index contributed by atoms with van der Waals surface area (Å²) in [7, 11) is 0. The van der Waals surface area contributed by atoms with E-state index in [-0.39, 0.29) is 12.0 Å². The van der Waals surface area contributed by atoms with Crippen molar-refractivity contribution in [3.63, 3.8) is 0 Å². The number of aromatic amines is 1. The van der Waals surface area contributed by atoms with Gasteiger partial charge in [-0.05, 0) is 24.5 Å². The highest BCUT2D eigenvalue weighted by molar-refractivity contribution is 6.35. The summed E-state index contributed by atoms with van der Waals surface area (Å²) in [6.45, 7) is 3.53. The van der Waals surface area contributed by atoms with Gasteiger partial charge in [0.15, 0.2) is 0 Å². The van der Waals surface area contributed by atoms with E-state index in [0.29, 0.717) is 13.1 Å². The fourth-order valence-corrected chi connectivity index (χ4v) is 3.91. The fourth-order valence-electron chi connectivity index (χ4n) is 3.69. The maximum absolute atomic E-state index is 12.2. The number of nitrogens with one attached hydrogen (secondary N) is 2. The number of carbonyl (C=O) groups excluding carboxylic acids is 1. The first-order chi connectivity index (χ1) is 11.7. The molecule has 0 saturated carbocycles. The smallest absolute Gasteiger partial charge is 0.234 e. The molecular formula is C18H22ClN3O2. The van der Waals surface area contributed by atoms with Crippen molar-refractivity contribution in [2.45, 2.75) is 31.9 Å². The molecule has 1 saturated heterocycles. The number of nitrogens with zero attached hydrogens (tertiary/aromatic N) is 1. The summed E-state index contributed by atoms with van der Waals surface area (Å²) in [5.41, 5.74) is 3.52. The molecule has 24 heavy (non-hydrogen) atoms. The third-order valence-electron chi connectivity index (χ3n) is 4.96. The maximum atomic E-state index is 12.2. The molecule has 1 unspecified atom stereocenters. The lowest BCUT2D eigenvalue weighted by atomic mass is 10.0. The molecule has 1 fully saturated rings. The van der Waals surface area contributed by atoms with Gasteiger partial charge in [-0.3, -0.25) is 9.69 Å². The molecular weight excluding hydrogens is 326 g/mol. The van der Waals surface area contributed by atoms with Crippen LogP contribution in [0.3, 0.4) is 0 Å². The number of amides is 1. The van der Waals surface area contributed by atoms with Crippen LogP contribution in [-0.2, 0) is 22.5 Å². The van der Waals surface area contributed by atoms with E-state index < -0.39 is 0 Å². The Morgan fingerprint density at radius 1 is 1.46 bits per heavy atom. The lowest BCUT2D eigenvalue weighted by molar-refractivity contribution is -0.123. The lowest BCUT2D eigenvalue weighted by Gasteiger charge is -2.26. The number of rotatable bonds is 4. The number of aromatic nitrogens is 1. The van der Waals surface area contributed by atoms with Gasteiger partial charge in [-0.25, -0.2) is 0 Å². The normalized spacial score (nSPS) is 21.1. The molecule has 1 aromatic heterocycles. The number of benzene rings is 1. The van der Waals surface area contributed by atoms with Crippen LogP contribution in [0, 0.1) is 0 Å². The van der Waals surface area contributed by atoms with Crippen molar-refractivity contribution >= 4 is 28.4 Å². The maximum Gasteiger partial charge on any atom is 0.234 e.